The third-order valence-corrected chi connectivity index (χ3v) is 1.95. The summed E-state index contributed by atoms with van der Waals surface area (Å²) < 4.78 is 10.1. The van der Waals surface area contributed by atoms with E-state index in [2.05, 4.69) is 13.8 Å². The van der Waals surface area contributed by atoms with Gasteiger partial charge in [0.05, 0.1) is 13.4 Å². The molecule has 0 amide bonds. The molecule has 3 heteroatoms. The van der Waals surface area contributed by atoms with Gasteiger partial charge in [-0.25, -0.2) is 0 Å². The molecule has 0 spiro atoms. The average Bonchev–Trinajstić information content (AvgIpc) is 2.49. The third kappa shape index (κ3) is 1.61. The summed E-state index contributed by atoms with van der Waals surface area (Å²) in [6.45, 7) is 4.13. The van der Waals surface area contributed by atoms with Crippen molar-refractivity contribution in [3.05, 3.63) is 18.1 Å². The van der Waals surface area contributed by atoms with Crippen LogP contribution < -0.4 is 10.5 Å². The molecular weight excluding hydrogens is 154 g/mol. The predicted molar refractivity (Wildman–Crippen MR) is 47.0 cm³/mol. The fourth-order valence-corrected chi connectivity index (χ4v) is 1.06. The molecule has 68 valence electrons. The molecule has 0 aliphatic rings. The smallest absolute Gasteiger partial charge is 0.161 e. The van der Waals surface area contributed by atoms with Crippen molar-refractivity contribution >= 4 is 0 Å². The second kappa shape index (κ2) is 3.63. The Kier molecular flexibility index (Phi) is 2.76. The van der Waals surface area contributed by atoms with Crippen LogP contribution in [-0.2, 0) is 0 Å². The number of ether oxygens (including phenoxy) is 1. The molecule has 0 fully saturated rings. The van der Waals surface area contributed by atoms with E-state index in [1.54, 1.807) is 19.6 Å². The molecule has 2 N–H and O–H groups in total. The maximum atomic E-state index is 5.92. The van der Waals surface area contributed by atoms with E-state index >= 15 is 0 Å². The molecule has 0 aliphatic carbocycles. The van der Waals surface area contributed by atoms with E-state index in [0.717, 1.165) is 11.3 Å². The summed E-state index contributed by atoms with van der Waals surface area (Å²) in [4.78, 5) is 0. The number of rotatable bonds is 3. The van der Waals surface area contributed by atoms with E-state index in [-0.39, 0.29) is 6.04 Å². The van der Waals surface area contributed by atoms with Crippen LogP contribution in [0.2, 0.25) is 0 Å². The first kappa shape index (κ1) is 9.13. The van der Waals surface area contributed by atoms with Crippen molar-refractivity contribution < 1.29 is 9.15 Å². The van der Waals surface area contributed by atoms with Crippen LogP contribution in [-0.4, -0.2) is 7.11 Å². The van der Waals surface area contributed by atoms with Crippen molar-refractivity contribution in [1.82, 2.24) is 0 Å². The SMILES string of the molecule is COc1cocc1[C@H](N)C(C)C. The molecule has 1 rings (SSSR count). The van der Waals surface area contributed by atoms with Crippen LogP contribution in [0.1, 0.15) is 25.5 Å². The molecule has 0 unspecified atom stereocenters. The monoisotopic (exact) mass is 169 g/mol. The maximum Gasteiger partial charge on any atom is 0.161 e. The Morgan fingerprint density at radius 2 is 2.08 bits per heavy atom. The van der Waals surface area contributed by atoms with Gasteiger partial charge in [0.1, 0.15) is 6.26 Å². The fraction of sp³-hybridized carbons (Fsp3) is 0.556. The highest BCUT2D eigenvalue weighted by Crippen LogP contribution is 2.28. The molecule has 0 saturated carbocycles. The van der Waals surface area contributed by atoms with Crippen LogP contribution in [0.5, 0.6) is 5.75 Å². The van der Waals surface area contributed by atoms with Crippen molar-refractivity contribution in [3.63, 3.8) is 0 Å². The van der Waals surface area contributed by atoms with Crippen LogP contribution in [0.3, 0.4) is 0 Å². The quantitative estimate of drug-likeness (QED) is 0.752. The van der Waals surface area contributed by atoms with Crippen molar-refractivity contribution in [3.8, 4) is 5.75 Å². The van der Waals surface area contributed by atoms with Gasteiger partial charge in [-0.15, -0.1) is 0 Å². The Hall–Kier alpha value is -0.960. The number of nitrogens with two attached hydrogens (primary N) is 1. The summed E-state index contributed by atoms with van der Waals surface area (Å²) in [6.07, 6.45) is 3.21. The molecular formula is C9H15NO2. The van der Waals surface area contributed by atoms with Gasteiger partial charge in [-0.3, -0.25) is 0 Å². The number of methoxy groups -OCH3 is 1. The van der Waals surface area contributed by atoms with E-state index in [9.17, 15) is 0 Å². The minimum atomic E-state index is -0.0151. The first-order chi connectivity index (χ1) is 5.66. The van der Waals surface area contributed by atoms with Gasteiger partial charge in [-0.2, -0.15) is 0 Å². The van der Waals surface area contributed by atoms with Gasteiger partial charge >= 0.3 is 0 Å². The lowest BCUT2D eigenvalue weighted by Gasteiger charge is -2.14. The minimum absolute atomic E-state index is 0.0151. The molecule has 0 saturated heterocycles. The summed E-state index contributed by atoms with van der Waals surface area (Å²) in [5.74, 6) is 1.12. The zero-order valence-electron chi connectivity index (χ0n) is 7.70. The Balaban J connectivity index is 2.86. The molecule has 0 bridgehead atoms. The fourth-order valence-electron chi connectivity index (χ4n) is 1.06. The molecule has 1 atom stereocenters. The van der Waals surface area contributed by atoms with E-state index in [1.807, 2.05) is 0 Å². The molecule has 0 aromatic carbocycles. The molecule has 1 aromatic rings. The van der Waals surface area contributed by atoms with Crippen molar-refractivity contribution in [2.45, 2.75) is 19.9 Å². The highest BCUT2D eigenvalue weighted by Gasteiger charge is 2.16. The van der Waals surface area contributed by atoms with Crippen LogP contribution in [0.25, 0.3) is 0 Å². The maximum absolute atomic E-state index is 5.92. The third-order valence-electron chi connectivity index (χ3n) is 1.95. The largest absolute Gasteiger partial charge is 0.493 e. The van der Waals surface area contributed by atoms with Crippen molar-refractivity contribution in [2.75, 3.05) is 7.11 Å². The van der Waals surface area contributed by atoms with Gasteiger partial charge in [-0.05, 0) is 5.92 Å². The van der Waals surface area contributed by atoms with E-state index in [4.69, 9.17) is 14.9 Å². The van der Waals surface area contributed by atoms with Gasteiger partial charge < -0.3 is 14.9 Å². The zero-order chi connectivity index (χ0) is 9.14. The van der Waals surface area contributed by atoms with E-state index in [0.29, 0.717) is 5.92 Å². The van der Waals surface area contributed by atoms with Crippen LogP contribution in [0.4, 0.5) is 0 Å². The Labute approximate surface area is 72.5 Å². The van der Waals surface area contributed by atoms with Gasteiger partial charge in [-0.1, -0.05) is 13.8 Å². The molecule has 3 nitrogen and oxygen atoms in total. The summed E-state index contributed by atoms with van der Waals surface area (Å²) in [5.41, 5.74) is 6.86. The Bertz CT molecular complexity index is 242. The second-order valence-corrected chi connectivity index (χ2v) is 3.17. The Morgan fingerprint density at radius 1 is 1.42 bits per heavy atom. The van der Waals surface area contributed by atoms with Crippen molar-refractivity contribution in [1.29, 1.82) is 0 Å². The topological polar surface area (TPSA) is 48.4 Å². The summed E-state index contributed by atoms with van der Waals surface area (Å²) >= 11 is 0. The normalized spacial score (nSPS) is 13.4. The summed E-state index contributed by atoms with van der Waals surface area (Å²) in [6, 6.07) is -0.0151. The number of hydrogen-bond donors (Lipinski definition) is 1. The van der Waals surface area contributed by atoms with Crippen molar-refractivity contribution in [2.24, 2.45) is 11.7 Å². The summed E-state index contributed by atoms with van der Waals surface area (Å²) in [5, 5.41) is 0. The number of hydrogen-bond acceptors (Lipinski definition) is 3. The summed E-state index contributed by atoms with van der Waals surface area (Å²) in [7, 11) is 1.61. The van der Waals surface area contributed by atoms with Crippen LogP contribution in [0, 0.1) is 5.92 Å². The molecule has 0 radical (unpaired) electrons. The van der Waals surface area contributed by atoms with Gasteiger partial charge in [0, 0.05) is 11.6 Å². The standard InChI is InChI=1S/C9H15NO2/c1-6(2)9(10)7-4-12-5-8(7)11-3/h4-6,9H,10H2,1-3H3/t9-/m1/s1. The van der Waals surface area contributed by atoms with E-state index in [1.165, 1.54) is 0 Å². The molecule has 12 heavy (non-hydrogen) atoms. The predicted octanol–water partition coefficient (Wildman–Crippen LogP) is 1.94. The lowest BCUT2D eigenvalue weighted by Crippen LogP contribution is -2.16. The first-order valence-electron chi connectivity index (χ1n) is 4.02. The first-order valence-corrected chi connectivity index (χ1v) is 4.02. The minimum Gasteiger partial charge on any atom is -0.493 e. The lowest BCUT2D eigenvalue weighted by atomic mass is 9.99. The van der Waals surface area contributed by atoms with Crippen LogP contribution >= 0.6 is 0 Å². The molecule has 0 aliphatic heterocycles. The molecule has 1 heterocycles. The average molecular weight is 169 g/mol. The number of furan rings is 1. The second-order valence-electron chi connectivity index (χ2n) is 3.17. The zero-order valence-corrected chi connectivity index (χ0v) is 7.70. The lowest BCUT2D eigenvalue weighted by molar-refractivity contribution is 0.394. The molecule has 1 aromatic heterocycles. The highest BCUT2D eigenvalue weighted by atomic mass is 16.5. The van der Waals surface area contributed by atoms with Gasteiger partial charge in [0.25, 0.3) is 0 Å². The van der Waals surface area contributed by atoms with Gasteiger partial charge in [0.15, 0.2) is 5.75 Å². The van der Waals surface area contributed by atoms with Gasteiger partial charge in [0.2, 0.25) is 0 Å². The Morgan fingerprint density at radius 3 is 2.58 bits per heavy atom. The van der Waals surface area contributed by atoms with E-state index < -0.39 is 0 Å². The highest BCUT2D eigenvalue weighted by molar-refractivity contribution is 5.30. The van der Waals surface area contributed by atoms with Crippen LogP contribution in [0.15, 0.2) is 16.9 Å².